The third kappa shape index (κ3) is 4.04. The number of nitrogens with one attached hydrogen (secondary N) is 1. The second-order valence-electron chi connectivity index (χ2n) is 5.53. The van der Waals surface area contributed by atoms with Gasteiger partial charge in [-0.05, 0) is 37.7 Å². The van der Waals surface area contributed by atoms with Crippen molar-refractivity contribution in [3.63, 3.8) is 0 Å². The van der Waals surface area contributed by atoms with E-state index >= 15 is 0 Å². The standard InChI is InChI=1S/C14H23NO3S2/c1-2-3-11-4-6-12(7-5-11)15-20(17,18)14-8-13(9-16)19-10-14/h8,10-12,15-16H,2-7,9H2,1H3. The lowest BCUT2D eigenvalue weighted by Gasteiger charge is -2.28. The van der Waals surface area contributed by atoms with Gasteiger partial charge in [0.05, 0.1) is 11.5 Å². The van der Waals surface area contributed by atoms with E-state index in [2.05, 4.69) is 11.6 Å². The number of rotatable bonds is 6. The van der Waals surface area contributed by atoms with Crippen molar-refractivity contribution in [2.45, 2.75) is 63.0 Å². The van der Waals surface area contributed by atoms with E-state index in [1.165, 1.54) is 24.2 Å². The summed E-state index contributed by atoms with van der Waals surface area (Å²) in [6, 6.07) is 1.61. The first kappa shape index (κ1) is 15.9. The second-order valence-corrected chi connectivity index (χ2v) is 8.24. The molecule has 0 amide bonds. The summed E-state index contributed by atoms with van der Waals surface area (Å²) in [7, 11) is -3.43. The van der Waals surface area contributed by atoms with Crippen LogP contribution in [0.2, 0.25) is 0 Å². The highest BCUT2D eigenvalue weighted by molar-refractivity contribution is 7.89. The fourth-order valence-corrected chi connectivity index (χ4v) is 5.29. The summed E-state index contributed by atoms with van der Waals surface area (Å²) in [6.45, 7) is 2.09. The van der Waals surface area contributed by atoms with Crippen LogP contribution in [0.3, 0.4) is 0 Å². The van der Waals surface area contributed by atoms with Crippen LogP contribution in [0.25, 0.3) is 0 Å². The molecule has 114 valence electrons. The Labute approximate surface area is 125 Å². The third-order valence-electron chi connectivity index (χ3n) is 3.96. The van der Waals surface area contributed by atoms with E-state index in [1.807, 2.05) is 0 Å². The Balaban J connectivity index is 1.92. The lowest BCUT2D eigenvalue weighted by molar-refractivity contribution is 0.285. The third-order valence-corrected chi connectivity index (χ3v) is 6.53. The van der Waals surface area contributed by atoms with Crippen LogP contribution in [0.15, 0.2) is 16.3 Å². The van der Waals surface area contributed by atoms with E-state index < -0.39 is 10.0 Å². The molecule has 0 spiro atoms. The van der Waals surface area contributed by atoms with Crippen LogP contribution in [0.1, 0.15) is 50.3 Å². The second kappa shape index (κ2) is 7.02. The fraction of sp³-hybridized carbons (Fsp3) is 0.714. The van der Waals surface area contributed by atoms with Crippen LogP contribution >= 0.6 is 11.3 Å². The monoisotopic (exact) mass is 317 g/mol. The van der Waals surface area contributed by atoms with Crippen molar-refractivity contribution in [2.24, 2.45) is 5.92 Å². The van der Waals surface area contributed by atoms with Gasteiger partial charge in [0.2, 0.25) is 10.0 Å². The number of hydrogen-bond donors (Lipinski definition) is 2. The molecule has 2 N–H and O–H groups in total. The number of thiophene rings is 1. The van der Waals surface area contributed by atoms with Crippen LogP contribution in [0, 0.1) is 5.92 Å². The smallest absolute Gasteiger partial charge is 0.241 e. The predicted molar refractivity (Wildman–Crippen MR) is 81.2 cm³/mol. The summed E-state index contributed by atoms with van der Waals surface area (Å²) in [5, 5.41) is 10.6. The molecule has 1 aliphatic rings. The van der Waals surface area contributed by atoms with E-state index in [1.54, 1.807) is 11.4 Å². The minimum absolute atomic E-state index is 0.0607. The summed E-state index contributed by atoms with van der Waals surface area (Å²) in [6.07, 6.45) is 6.56. The van der Waals surface area contributed by atoms with Crippen molar-refractivity contribution in [1.82, 2.24) is 4.72 Å². The Kier molecular flexibility index (Phi) is 5.60. The Morgan fingerprint density at radius 3 is 2.60 bits per heavy atom. The van der Waals surface area contributed by atoms with Gasteiger partial charge >= 0.3 is 0 Å². The zero-order valence-electron chi connectivity index (χ0n) is 11.8. The maximum absolute atomic E-state index is 12.3. The molecule has 0 radical (unpaired) electrons. The molecule has 0 aromatic carbocycles. The molecule has 0 atom stereocenters. The molecule has 0 aliphatic heterocycles. The molecule has 0 bridgehead atoms. The van der Waals surface area contributed by atoms with Crippen molar-refractivity contribution in [3.05, 3.63) is 16.3 Å². The quantitative estimate of drug-likeness (QED) is 0.848. The average molecular weight is 317 g/mol. The molecule has 1 saturated carbocycles. The van der Waals surface area contributed by atoms with Gasteiger partial charge in [-0.2, -0.15) is 0 Å². The van der Waals surface area contributed by atoms with Gasteiger partial charge < -0.3 is 5.11 Å². The summed E-state index contributed by atoms with van der Waals surface area (Å²) < 4.78 is 27.3. The van der Waals surface area contributed by atoms with Crippen molar-refractivity contribution in [3.8, 4) is 0 Å². The normalized spacial score (nSPS) is 23.9. The molecular formula is C14H23NO3S2. The minimum atomic E-state index is -3.43. The maximum atomic E-state index is 12.3. The molecule has 6 heteroatoms. The SMILES string of the molecule is CCCC1CCC(NS(=O)(=O)c2csc(CO)c2)CC1. The molecule has 0 saturated heterocycles. The van der Waals surface area contributed by atoms with Gasteiger partial charge in [0.25, 0.3) is 0 Å². The van der Waals surface area contributed by atoms with Gasteiger partial charge in [0, 0.05) is 16.3 Å². The minimum Gasteiger partial charge on any atom is -0.391 e. The highest BCUT2D eigenvalue weighted by atomic mass is 32.2. The van der Waals surface area contributed by atoms with Gasteiger partial charge in [-0.25, -0.2) is 13.1 Å². The van der Waals surface area contributed by atoms with E-state index in [0.29, 0.717) is 4.88 Å². The first-order chi connectivity index (χ1) is 9.55. The Hall–Kier alpha value is -0.430. The van der Waals surface area contributed by atoms with Crippen molar-refractivity contribution in [1.29, 1.82) is 0 Å². The fourth-order valence-electron chi connectivity index (χ4n) is 2.85. The van der Waals surface area contributed by atoms with Crippen LogP contribution in [0.5, 0.6) is 0 Å². The van der Waals surface area contributed by atoms with Gasteiger partial charge in [0.15, 0.2) is 0 Å². The topological polar surface area (TPSA) is 66.4 Å². The van der Waals surface area contributed by atoms with Crippen molar-refractivity contribution in [2.75, 3.05) is 0 Å². The van der Waals surface area contributed by atoms with Crippen LogP contribution < -0.4 is 4.72 Å². The van der Waals surface area contributed by atoms with E-state index in [-0.39, 0.29) is 17.5 Å². The van der Waals surface area contributed by atoms with E-state index in [9.17, 15) is 8.42 Å². The Bertz CT molecular complexity index is 516. The maximum Gasteiger partial charge on any atom is 0.241 e. The number of sulfonamides is 1. The molecule has 1 fully saturated rings. The molecule has 20 heavy (non-hydrogen) atoms. The number of aliphatic hydroxyl groups is 1. The molecule has 1 aromatic rings. The highest BCUT2D eigenvalue weighted by Crippen LogP contribution is 2.29. The highest BCUT2D eigenvalue weighted by Gasteiger charge is 2.25. The zero-order chi connectivity index (χ0) is 14.6. The number of hydrogen-bond acceptors (Lipinski definition) is 4. The van der Waals surface area contributed by atoms with Gasteiger partial charge in [0.1, 0.15) is 0 Å². The molecule has 1 aliphatic carbocycles. The molecule has 0 unspecified atom stereocenters. The summed E-state index contributed by atoms with van der Waals surface area (Å²) in [4.78, 5) is 0.958. The van der Waals surface area contributed by atoms with Crippen LogP contribution in [-0.4, -0.2) is 19.6 Å². The zero-order valence-corrected chi connectivity index (χ0v) is 13.5. The van der Waals surface area contributed by atoms with Gasteiger partial charge in [-0.15, -0.1) is 11.3 Å². The van der Waals surface area contributed by atoms with E-state index in [4.69, 9.17) is 5.11 Å². The Morgan fingerprint density at radius 1 is 1.35 bits per heavy atom. The summed E-state index contributed by atoms with van der Waals surface area (Å²) >= 11 is 1.28. The molecule has 2 rings (SSSR count). The lowest BCUT2D eigenvalue weighted by atomic mass is 9.84. The first-order valence-corrected chi connectivity index (χ1v) is 9.62. The van der Waals surface area contributed by atoms with Crippen LogP contribution in [0.4, 0.5) is 0 Å². The van der Waals surface area contributed by atoms with Gasteiger partial charge in [-0.1, -0.05) is 19.8 Å². The van der Waals surface area contributed by atoms with Gasteiger partial charge in [-0.3, -0.25) is 0 Å². The van der Waals surface area contributed by atoms with Crippen molar-refractivity contribution >= 4 is 21.4 Å². The molecule has 1 aromatic heterocycles. The predicted octanol–water partition coefficient (Wildman–Crippen LogP) is 2.88. The van der Waals surface area contributed by atoms with E-state index in [0.717, 1.165) is 31.6 Å². The lowest BCUT2D eigenvalue weighted by Crippen LogP contribution is -2.37. The first-order valence-electron chi connectivity index (χ1n) is 7.25. The van der Waals surface area contributed by atoms with Crippen molar-refractivity contribution < 1.29 is 13.5 Å². The molecule has 1 heterocycles. The van der Waals surface area contributed by atoms with Crippen LogP contribution in [-0.2, 0) is 16.6 Å². The molecular weight excluding hydrogens is 294 g/mol. The summed E-state index contributed by atoms with van der Waals surface area (Å²) in [5.41, 5.74) is 0. The number of aliphatic hydroxyl groups excluding tert-OH is 1. The average Bonchev–Trinajstić information content (AvgIpc) is 2.91. The summed E-state index contributed by atoms with van der Waals surface area (Å²) in [5.74, 6) is 0.767. The molecule has 4 nitrogen and oxygen atoms in total. The largest absolute Gasteiger partial charge is 0.391 e. The Morgan fingerprint density at radius 2 is 2.05 bits per heavy atom.